The van der Waals surface area contributed by atoms with E-state index in [1.54, 1.807) is 73.8 Å². The van der Waals surface area contributed by atoms with Gasteiger partial charge in [0.25, 0.3) is 0 Å². The summed E-state index contributed by atoms with van der Waals surface area (Å²) in [6, 6.07) is 18.8. The molecule has 1 aliphatic heterocycles. The molecule has 1 saturated heterocycles. The molecule has 0 spiro atoms. The van der Waals surface area contributed by atoms with E-state index in [0.29, 0.717) is 47.3 Å². The van der Waals surface area contributed by atoms with Crippen molar-refractivity contribution >= 4 is 33.2 Å². The molecule has 1 aliphatic rings. The van der Waals surface area contributed by atoms with Crippen molar-refractivity contribution in [1.29, 1.82) is 0 Å². The summed E-state index contributed by atoms with van der Waals surface area (Å²) in [5, 5.41) is 3.32. The molecule has 4 rings (SSSR count). The van der Waals surface area contributed by atoms with Crippen molar-refractivity contribution in [3.8, 4) is 17.2 Å². The number of nitrogens with zero attached hydrogens (tertiary/aromatic N) is 1. The average Bonchev–Trinajstić information content (AvgIpc) is 2.86. The Balaban J connectivity index is 1.50. The van der Waals surface area contributed by atoms with Crippen molar-refractivity contribution in [2.75, 3.05) is 25.5 Å². The van der Waals surface area contributed by atoms with Crippen LogP contribution in [0, 0.1) is 12.8 Å². The first-order valence-corrected chi connectivity index (χ1v) is 13.1. The smallest absolute Gasteiger partial charge is 0.243 e. The number of aryl methyl sites for hydroxylation is 1. The molecule has 9 heteroatoms. The number of benzene rings is 3. The van der Waals surface area contributed by atoms with Crippen LogP contribution in [0.2, 0.25) is 5.02 Å². The van der Waals surface area contributed by atoms with Gasteiger partial charge in [-0.1, -0.05) is 35.4 Å². The van der Waals surface area contributed by atoms with E-state index in [1.807, 2.05) is 6.92 Å². The zero-order valence-corrected chi connectivity index (χ0v) is 21.1. The molecule has 3 aromatic carbocycles. The van der Waals surface area contributed by atoms with Crippen molar-refractivity contribution in [2.24, 2.45) is 5.92 Å². The number of anilines is 1. The van der Waals surface area contributed by atoms with Gasteiger partial charge in [0.2, 0.25) is 15.9 Å². The Morgan fingerprint density at radius 2 is 1.80 bits per heavy atom. The van der Waals surface area contributed by atoms with Gasteiger partial charge in [-0.2, -0.15) is 4.31 Å². The maximum atomic E-state index is 13.2. The van der Waals surface area contributed by atoms with Crippen LogP contribution >= 0.6 is 11.6 Å². The van der Waals surface area contributed by atoms with Gasteiger partial charge >= 0.3 is 0 Å². The second-order valence-electron chi connectivity index (χ2n) is 8.43. The van der Waals surface area contributed by atoms with Gasteiger partial charge < -0.3 is 14.8 Å². The maximum Gasteiger partial charge on any atom is 0.243 e. The number of amides is 1. The van der Waals surface area contributed by atoms with Crippen LogP contribution in [0.1, 0.15) is 18.4 Å². The van der Waals surface area contributed by atoms with Crippen molar-refractivity contribution in [1.82, 2.24) is 4.31 Å². The fourth-order valence-corrected chi connectivity index (χ4v) is 5.65. The van der Waals surface area contributed by atoms with Gasteiger partial charge in [-0.05, 0) is 62.2 Å². The van der Waals surface area contributed by atoms with Crippen LogP contribution in [0.5, 0.6) is 17.2 Å². The van der Waals surface area contributed by atoms with Gasteiger partial charge in [-0.25, -0.2) is 8.42 Å². The number of piperidine rings is 1. The fourth-order valence-electron chi connectivity index (χ4n) is 3.95. The predicted octanol–water partition coefficient (Wildman–Crippen LogP) is 5.49. The Hall–Kier alpha value is -3.07. The summed E-state index contributed by atoms with van der Waals surface area (Å²) in [4.78, 5) is 13.4. The van der Waals surface area contributed by atoms with E-state index in [9.17, 15) is 13.2 Å². The van der Waals surface area contributed by atoms with Crippen LogP contribution in [0.4, 0.5) is 5.69 Å². The third-order valence-corrected chi connectivity index (χ3v) is 8.00. The number of carbonyl (C=O) groups is 1. The van der Waals surface area contributed by atoms with E-state index in [2.05, 4.69) is 5.32 Å². The molecule has 184 valence electrons. The summed E-state index contributed by atoms with van der Waals surface area (Å²) < 4.78 is 38.9. The zero-order chi connectivity index (χ0) is 25.0. The molecule has 1 N–H and O–H groups in total. The molecule has 0 aromatic heterocycles. The van der Waals surface area contributed by atoms with E-state index < -0.39 is 15.9 Å². The lowest BCUT2D eigenvalue weighted by Gasteiger charge is -2.31. The van der Waals surface area contributed by atoms with Crippen LogP contribution < -0.4 is 14.8 Å². The molecular weight excluding hydrogens is 488 g/mol. The number of sulfonamides is 1. The van der Waals surface area contributed by atoms with E-state index in [4.69, 9.17) is 21.1 Å². The van der Waals surface area contributed by atoms with Gasteiger partial charge in [-0.15, -0.1) is 0 Å². The summed E-state index contributed by atoms with van der Waals surface area (Å²) in [5.41, 5.74) is 1.39. The first-order chi connectivity index (χ1) is 16.8. The standard InChI is InChI=1S/C26H27ClN2O5S/c1-18-8-11-23(12-9-18)35(31,32)29-14-4-5-19(17-29)26(30)28-24-15-20(27)10-13-25(24)34-22-7-3-6-21(16-22)33-2/h3,6-13,15-16,19H,4-5,14,17H2,1-2H3,(H,28,30)/t19-/m0/s1. The SMILES string of the molecule is COc1cccc(Oc2ccc(Cl)cc2NC(=O)[C@H]2CCCN(S(=O)(=O)c3ccc(C)cc3)C2)c1. The lowest BCUT2D eigenvalue weighted by atomic mass is 9.98. The van der Waals surface area contributed by atoms with Gasteiger partial charge in [0, 0.05) is 24.2 Å². The van der Waals surface area contributed by atoms with E-state index in [1.165, 1.54) is 4.31 Å². The molecule has 0 saturated carbocycles. The Morgan fingerprint density at radius 1 is 1.06 bits per heavy atom. The van der Waals surface area contributed by atoms with Crippen LogP contribution in [-0.4, -0.2) is 38.8 Å². The van der Waals surface area contributed by atoms with Crippen LogP contribution in [0.15, 0.2) is 71.6 Å². The Labute approximate surface area is 210 Å². The minimum absolute atomic E-state index is 0.106. The summed E-state index contributed by atoms with van der Waals surface area (Å²) in [7, 11) is -2.12. The molecule has 1 heterocycles. The molecule has 1 amide bonds. The summed E-state index contributed by atoms with van der Waals surface area (Å²) in [6.07, 6.45) is 1.17. The lowest BCUT2D eigenvalue weighted by Crippen LogP contribution is -2.43. The van der Waals surface area contributed by atoms with Gasteiger partial charge in [0.1, 0.15) is 11.5 Å². The van der Waals surface area contributed by atoms with Gasteiger partial charge in [0.05, 0.1) is 23.6 Å². The quantitative estimate of drug-likeness (QED) is 0.450. The normalized spacial score (nSPS) is 16.5. The second kappa shape index (κ2) is 10.7. The third-order valence-electron chi connectivity index (χ3n) is 5.88. The Morgan fingerprint density at radius 3 is 2.54 bits per heavy atom. The van der Waals surface area contributed by atoms with Crippen molar-refractivity contribution < 1.29 is 22.7 Å². The first-order valence-electron chi connectivity index (χ1n) is 11.3. The lowest BCUT2D eigenvalue weighted by molar-refractivity contribution is -0.120. The highest BCUT2D eigenvalue weighted by Gasteiger charge is 2.33. The van der Waals surface area contributed by atoms with Crippen molar-refractivity contribution in [3.05, 3.63) is 77.3 Å². The van der Waals surface area contributed by atoms with Crippen LogP contribution in [0.25, 0.3) is 0 Å². The van der Waals surface area contributed by atoms with Crippen molar-refractivity contribution in [3.63, 3.8) is 0 Å². The molecule has 3 aromatic rings. The van der Waals surface area contributed by atoms with E-state index in [-0.39, 0.29) is 17.3 Å². The second-order valence-corrected chi connectivity index (χ2v) is 10.8. The monoisotopic (exact) mass is 514 g/mol. The molecular formula is C26H27ClN2O5S. The number of methoxy groups -OCH3 is 1. The molecule has 1 atom stereocenters. The highest BCUT2D eigenvalue weighted by molar-refractivity contribution is 7.89. The van der Waals surface area contributed by atoms with Crippen LogP contribution in [-0.2, 0) is 14.8 Å². The summed E-state index contributed by atoms with van der Waals surface area (Å²) in [5.74, 6) is 0.796. The summed E-state index contributed by atoms with van der Waals surface area (Å²) >= 11 is 6.18. The number of carbonyl (C=O) groups excluding carboxylic acids is 1. The molecule has 35 heavy (non-hydrogen) atoms. The first kappa shape index (κ1) is 25.0. The number of nitrogens with one attached hydrogen (secondary N) is 1. The van der Waals surface area contributed by atoms with E-state index in [0.717, 1.165) is 5.56 Å². The zero-order valence-electron chi connectivity index (χ0n) is 19.5. The largest absolute Gasteiger partial charge is 0.497 e. The summed E-state index contributed by atoms with van der Waals surface area (Å²) in [6.45, 7) is 2.38. The number of halogens is 1. The highest BCUT2D eigenvalue weighted by atomic mass is 35.5. The molecule has 7 nitrogen and oxygen atoms in total. The molecule has 0 unspecified atom stereocenters. The fraction of sp³-hybridized carbons (Fsp3) is 0.269. The number of hydrogen-bond donors (Lipinski definition) is 1. The van der Waals surface area contributed by atoms with Gasteiger partial charge in [-0.3, -0.25) is 4.79 Å². The van der Waals surface area contributed by atoms with Crippen molar-refractivity contribution in [2.45, 2.75) is 24.7 Å². The minimum atomic E-state index is -3.68. The average molecular weight is 515 g/mol. The Kier molecular flexibility index (Phi) is 7.64. The molecule has 0 bridgehead atoms. The predicted molar refractivity (Wildman–Crippen MR) is 136 cm³/mol. The number of rotatable bonds is 7. The van der Waals surface area contributed by atoms with E-state index >= 15 is 0 Å². The molecule has 0 aliphatic carbocycles. The molecule has 1 fully saturated rings. The Bertz CT molecular complexity index is 1310. The number of ether oxygens (including phenoxy) is 2. The highest BCUT2D eigenvalue weighted by Crippen LogP contribution is 2.34. The van der Waals surface area contributed by atoms with Gasteiger partial charge in [0.15, 0.2) is 5.75 Å². The minimum Gasteiger partial charge on any atom is -0.497 e. The topological polar surface area (TPSA) is 84.9 Å². The van der Waals surface area contributed by atoms with Crippen LogP contribution in [0.3, 0.4) is 0 Å². The number of hydrogen-bond acceptors (Lipinski definition) is 5. The third kappa shape index (κ3) is 5.96. The maximum absolute atomic E-state index is 13.2. The molecule has 0 radical (unpaired) electrons.